The van der Waals surface area contributed by atoms with Crippen molar-refractivity contribution in [3.63, 3.8) is 0 Å². The third kappa shape index (κ3) is 4.32. The summed E-state index contributed by atoms with van der Waals surface area (Å²) in [7, 11) is 0. The van der Waals surface area contributed by atoms with Crippen LogP contribution in [0.1, 0.15) is 29.8 Å². The molecule has 2 rings (SSSR count). The van der Waals surface area contributed by atoms with Crippen LogP contribution < -0.4 is 9.47 Å². The second-order valence-corrected chi connectivity index (χ2v) is 5.51. The van der Waals surface area contributed by atoms with Crippen LogP contribution in [-0.4, -0.2) is 23.0 Å². The summed E-state index contributed by atoms with van der Waals surface area (Å²) in [6.45, 7) is 3.22. The minimum Gasteiger partial charge on any atom is -0.489 e. The Hall–Kier alpha value is -2.82. The number of carbonyl (C=O) groups excluding carboxylic acids is 1. The van der Waals surface area contributed by atoms with Gasteiger partial charge in [-0.25, -0.2) is 4.79 Å². The summed E-state index contributed by atoms with van der Waals surface area (Å²) in [5, 5.41) is 9.09. The van der Waals surface area contributed by atoms with E-state index in [2.05, 4.69) is 0 Å². The van der Waals surface area contributed by atoms with E-state index in [0.717, 1.165) is 5.56 Å². The van der Waals surface area contributed by atoms with Crippen LogP contribution in [0.15, 0.2) is 48.5 Å². The van der Waals surface area contributed by atoms with Crippen molar-refractivity contribution < 1.29 is 24.2 Å². The lowest BCUT2D eigenvalue weighted by molar-refractivity contribution is -0.152. The molecule has 0 unspecified atom stereocenters. The molecule has 2 aromatic rings. The Bertz CT molecular complexity index is 692. The fourth-order valence-electron chi connectivity index (χ4n) is 1.86. The molecule has 5 heteroatoms. The third-order valence-corrected chi connectivity index (χ3v) is 3.24. The van der Waals surface area contributed by atoms with Gasteiger partial charge in [-0.05, 0) is 37.6 Å². The molecule has 0 radical (unpaired) electrons. The van der Waals surface area contributed by atoms with Crippen molar-refractivity contribution in [3.8, 4) is 11.5 Å². The first-order valence-corrected chi connectivity index (χ1v) is 7.11. The molecule has 0 aliphatic carbocycles. The Labute approximate surface area is 134 Å². The number of carbonyl (C=O) groups is 2. The number of aldehydes is 1. The molecule has 5 nitrogen and oxygen atoms in total. The minimum atomic E-state index is -1.43. The van der Waals surface area contributed by atoms with E-state index < -0.39 is 11.6 Å². The summed E-state index contributed by atoms with van der Waals surface area (Å²) in [6, 6.07) is 14.3. The number of aliphatic carboxylic acids is 1. The molecule has 2 aromatic carbocycles. The summed E-state index contributed by atoms with van der Waals surface area (Å²) >= 11 is 0. The molecule has 0 heterocycles. The van der Waals surface area contributed by atoms with E-state index >= 15 is 0 Å². The van der Waals surface area contributed by atoms with Crippen LogP contribution in [0, 0.1) is 0 Å². The summed E-state index contributed by atoms with van der Waals surface area (Å²) in [6.07, 6.45) is 0.614. The number of ether oxygens (including phenoxy) is 2. The van der Waals surface area contributed by atoms with Crippen molar-refractivity contribution in [3.05, 3.63) is 59.7 Å². The highest BCUT2D eigenvalue weighted by atomic mass is 16.5. The van der Waals surface area contributed by atoms with Crippen LogP contribution in [0.3, 0.4) is 0 Å². The van der Waals surface area contributed by atoms with Gasteiger partial charge in [-0.1, -0.05) is 30.3 Å². The average molecular weight is 314 g/mol. The van der Waals surface area contributed by atoms with Gasteiger partial charge in [0.15, 0.2) is 11.9 Å². The molecule has 0 bridgehead atoms. The largest absolute Gasteiger partial charge is 0.489 e. The zero-order valence-corrected chi connectivity index (χ0v) is 13.0. The summed E-state index contributed by atoms with van der Waals surface area (Å²) < 4.78 is 11.1. The maximum Gasteiger partial charge on any atom is 0.347 e. The van der Waals surface area contributed by atoms with E-state index in [1.54, 1.807) is 6.07 Å². The highest BCUT2D eigenvalue weighted by Crippen LogP contribution is 2.27. The Morgan fingerprint density at radius 2 is 1.87 bits per heavy atom. The van der Waals surface area contributed by atoms with Crippen LogP contribution in [0.25, 0.3) is 0 Å². The molecule has 0 saturated carbocycles. The van der Waals surface area contributed by atoms with Gasteiger partial charge in [0.1, 0.15) is 18.1 Å². The fraction of sp³-hybridized carbons (Fsp3) is 0.222. The van der Waals surface area contributed by atoms with E-state index in [1.165, 1.54) is 26.0 Å². The van der Waals surface area contributed by atoms with Gasteiger partial charge in [-0.2, -0.15) is 0 Å². The summed E-state index contributed by atoms with van der Waals surface area (Å²) in [5.41, 5.74) is -0.179. The van der Waals surface area contributed by atoms with Gasteiger partial charge in [0.05, 0.1) is 5.56 Å². The molecule has 0 spiro atoms. The Kier molecular flexibility index (Phi) is 5.01. The second kappa shape index (κ2) is 6.96. The molecule has 1 N–H and O–H groups in total. The summed E-state index contributed by atoms with van der Waals surface area (Å²) in [4.78, 5) is 22.3. The lowest BCUT2D eigenvalue weighted by Crippen LogP contribution is -2.38. The van der Waals surface area contributed by atoms with Crippen molar-refractivity contribution in [1.82, 2.24) is 0 Å². The van der Waals surface area contributed by atoms with Gasteiger partial charge in [0.25, 0.3) is 0 Å². The third-order valence-electron chi connectivity index (χ3n) is 3.24. The van der Waals surface area contributed by atoms with E-state index in [1.807, 2.05) is 30.3 Å². The molecule has 0 aliphatic rings. The predicted octanol–water partition coefficient (Wildman–Crippen LogP) is 3.32. The maximum atomic E-state index is 11.2. The van der Waals surface area contributed by atoms with Gasteiger partial charge in [0.2, 0.25) is 0 Å². The Balaban J connectivity index is 2.13. The van der Waals surface area contributed by atoms with Crippen LogP contribution in [0.2, 0.25) is 0 Å². The second-order valence-electron chi connectivity index (χ2n) is 5.51. The normalized spacial score (nSPS) is 10.9. The standard InChI is InChI=1S/C18H18O5/c1-18(2,17(20)21)23-16-9-8-15(10-14(16)11-19)22-12-13-6-4-3-5-7-13/h3-11H,12H2,1-2H3,(H,20,21). The molecule has 0 saturated heterocycles. The first kappa shape index (κ1) is 16.5. The van der Waals surface area contributed by atoms with Crippen molar-refractivity contribution in [2.45, 2.75) is 26.1 Å². The Morgan fingerprint density at radius 1 is 1.17 bits per heavy atom. The van der Waals surface area contributed by atoms with E-state index in [0.29, 0.717) is 18.6 Å². The molecule has 0 atom stereocenters. The SMILES string of the molecule is CC(C)(Oc1ccc(OCc2ccccc2)cc1C=O)C(=O)O. The molecule has 120 valence electrons. The van der Waals surface area contributed by atoms with Crippen LogP contribution in [0.4, 0.5) is 0 Å². The van der Waals surface area contributed by atoms with Gasteiger partial charge in [0, 0.05) is 0 Å². The molecule has 0 aliphatic heterocycles. The summed E-state index contributed by atoms with van der Waals surface area (Å²) in [5.74, 6) is -0.394. The van der Waals surface area contributed by atoms with Gasteiger partial charge in [-0.3, -0.25) is 4.79 Å². The van der Waals surface area contributed by atoms with E-state index in [9.17, 15) is 9.59 Å². The number of rotatable bonds is 7. The minimum absolute atomic E-state index is 0.208. The highest BCUT2D eigenvalue weighted by molar-refractivity contribution is 5.81. The smallest absolute Gasteiger partial charge is 0.347 e. The van der Waals surface area contributed by atoms with E-state index in [-0.39, 0.29) is 11.3 Å². The molecular weight excluding hydrogens is 296 g/mol. The molecule has 23 heavy (non-hydrogen) atoms. The molecular formula is C18H18O5. The van der Waals surface area contributed by atoms with Crippen molar-refractivity contribution in [2.24, 2.45) is 0 Å². The van der Waals surface area contributed by atoms with Crippen molar-refractivity contribution in [2.75, 3.05) is 0 Å². The monoisotopic (exact) mass is 314 g/mol. The first-order chi connectivity index (χ1) is 10.9. The lowest BCUT2D eigenvalue weighted by atomic mass is 10.1. The molecule has 0 aromatic heterocycles. The number of benzene rings is 2. The number of hydrogen-bond acceptors (Lipinski definition) is 4. The zero-order chi connectivity index (χ0) is 16.9. The van der Waals surface area contributed by atoms with Crippen LogP contribution in [-0.2, 0) is 11.4 Å². The zero-order valence-electron chi connectivity index (χ0n) is 13.0. The number of hydrogen-bond donors (Lipinski definition) is 1. The topological polar surface area (TPSA) is 72.8 Å². The van der Waals surface area contributed by atoms with Crippen molar-refractivity contribution >= 4 is 12.3 Å². The van der Waals surface area contributed by atoms with Crippen LogP contribution in [0.5, 0.6) is 11.5 Å². The lowest BCUT2D eigenvalue weighted by Gasteiger charge is -2.22. The van der Waals surface area contributed by atoms with E-state index in [4.69, 9.17) is 14.6 Å². The van der Waals surface area contributed by atoms with Gasteiger partial charge in [-0.15, -0.1) is 0 Å². The first-order valence-electron chi connectivity index (χ1n) is 7.11. The highest BCUT2D eigenvalue weighted by Gasteiger charge is 2.30. The number of carboxylic acids is 1. The molecule has 0 fully saturated rings. The predicted molar refractivity (Wildman–Crippen MR) is 84.9 cm³/mol. The van der Waals surface area contributed by atoms with Crippen LogP contribution >= 0.6 is 0 Å². The average Bonchev–Trinajstić information content (AvgIpc) is 2.54. The number of carboxylic acid groups (broad SMARTS) is 1. The van der Waals surface area contributed by atoms with Gasteiger partial charge >= 0.3 is 5.97 Å². The fourth-order valence-corrected chi connectivity index (χ4v) is 1.86. The molecule has 0 amide bonds. The van der Waals surface area contributed by atoms with Crippen molar-refractivity contribution in [1.29, 1.82) is 0 Å². The van der Waals surface area contributed by atoms with Gasteiger partial charge < -0.3 is 14.6 Å². The quantitative estimate of drug-likeness (QED) is 0.794. The Morgan fingerprint density at radius 3 is 2.48 bits per heavy atom. The maximum absolute atomic E-state index is 11.2.